The Labute approximate surface area is 122 Å². The van der Waals surface area contributed by atoms with Crippen molar-refractivity contribution in [2.45, 2.75) is 32.2 Å². The molecule has 0 radical (unpaired) electrons. The van der Waals surface area contributed by atoms with E-state index in [0.717, 1.165) is 37.5 Å². The van der Waals surface area contributed by atoms with Crippen LogP contribution in [0.2, 0.25) is 0 Å². The topological polar surface area (TPSA) is 86.7 Å². The third-order valence-corrected chi connectivity index (χ3v) is 5.14. The monoisotopic (exact) mass is 316 g/mol. The molecule has 1 aliphatic heterocycles. The van der Waals surface area contributed by atoms with Crippen molar-refractivity contribution in [2.24, 2.45) is 0 Å². The van der Waals surface area contributed by atoms with Gasteiger partial charge in [-0.05, 0) is 38.0 Å². The van der Waals surface area contributed by atoms with E-state index in [9.17, 15) is 17.6 Å². The number of carbonyl (C=O) groups is 1. The summed E-state index contributed by atoms with van der Waals surface area (Å²) in [6, 6.07) is 2.78. The number of aromatic carboxylic acids is 1. The van der Waals surface area contributed by atoms with Crippen LogP contribution < -0.4 is 4.72 Å². The minimum Gasteiger partial charge on any atom is -0.478 e. The average Bonchev–Trinajstić information content (AvgIpc) is 2.40. The standard InChI is InChI=1S/C13H17FN2O4S/c1-9-4-2-3-7-16(9)21(19,20)15-12-6-5-10(14)8-11(12)13(17)18/h5-6,8-9,15H,2-4,7H2,1H3,(H,17,18). The van der Waals surface area contributed by atoms with Crippen molar-refractivity contribution in [3.05, 3.63) is 29.6 Å². The molecule has 0 amide bonds. The first-order valence-electron chi connectivity index (χ1n) is 6.63. The predicted molar refractivity (Wildman–Crippen MR) is 75.9 cm³/mol. The number of halogens is 1. The van der Waals surface area contributed by atoms with Crippen LogP contribution in [-0.4, -0.2) is 36.4 Å². The van der Waals surface area contributed by atoms with Crippen molar-refractivity contribution in [1.82, 2.24) is 4.31 Å². The van der Waals surface area contributed by atoms with Crippen LogP contribution in [0.5, 0.6) is 0 Å². The molecule has 1 aliphatic rings. The van der Waals surface area contributed by atoms with E-state index in [-0.39, 0.29) is 11.7 Å². The largest absolute Gasteiger partial charge is 0.478 e. The van der Waals surface area contributed by atoms with E-state index in [1.165, 1.54) is 4.31 Å². The smallest absolute Gasteiger partial charge is 0.337 e. The molecule has 21 heavy (non-hydrogen) atoms. The van der Waals surface area contributed by atoms with Crippen LogP contribution in [0.25, 0.3) is 0 Å². The maximum atomic E-state index is 13.1. The number of nitrogens with one attached hydrogen (secondary N) is 1. The Morgan fingerprint density at radius 3 is 2.76 bits per heavy atom. The number of hydrogen-bond donors (Lipinski definition) is 2. The third-order valence-electron chi connectivity index (χ3n) is 3.50. The highest BCUT2D eigenvalue weighted by Crippen LogP contribution is 2.24. The molecule has 0 aromatic heterocycles. The molecule has 1 saturated heterocycles. The van der Waals surface area contributed by atoms with E-state index in [4.69, 9.17) is 5.11 Å². The Hall–Kier alpha value is -1.67. The SMILES string of the molecule is CC1CCCCN1S(=O)(=O)Nc1ccc(F)cc1C(=O)O. The van der Waals surface area contributed by atoms with Crippen molar-refractivity contribution in [2.75, 3.05) is 11.3 Å². The molecule has 0 aliphatic carbocycles. The minimum atomic E-state index is -3.86. The number of carboxylic acids is 1. The van der Waals surface area contributed by atoms with Crippen LogP contribution in [0.1, 0.15) is 36.5 Å². The lowest BCUT2D eigenvalue weighted by Gasteiger charge is -2.32. The van der Waals surface area contributed by atoms with Gasteiger partial charge in [0.25, 0.3) is 0 Å². The van der Waals surface area contributed by atoms with Crippen LogP contribution in [-0.2, 0) is 10.2 Å². The third kappa shape index (κ3) is 3.51. The quantitative estimate of drug-likeness (QED) is 0.890. The first-order valence-corrected chi connectivity index (χ1v) is 8.07. The van der Waals surface area contributed by atoms with E-state index < -0.39 is 27.6 Å². The molecule has 1 unspecified atom stereocenters. The number of rotatable bonds is 4. The van der Waals surface area contributed by atoms with Crippen molar-refractivity contribution in [3.8, 4) is 0 Å². The Bertz CT molecular complexity index is 648. The number of anilines is 1. The van der Waals surface area contributed by atoms with Gasteiger partial charge >= 0.3 is 16.2 Å². The molecule has 0 bridgehead atoms. The summed E-state index contributed by atoms with van der Waals surface area (Å²) < 4.78 is 41.4. The molecule has 0 spiro atoms. The van der Waals surface area contributed by atoms with Crippen LogP contribution in [0.3, 0.4) is 0 Å². The predicted octanol–water partition coefficient (Wildman–Crippen LogP) is 2.05. The highest BCUT2D eigenvalue weighted by atomic mass is 32.2. The van der Waals surface area contributed by atoms with Gasteiger partial charge in [0.05, 0.1) is 11.3 Å². The lowest BCUT2D eigenvalue weighted by molar-refractivity contribution is 0.0697. The molecule has 6 nitrogen and oxygen atoms in total. The van der Waals surface area contributed by atoms with E-state index in [2.05, 4.69) is 4.72 Å². The van der Waals surface area contributed by atoms with Crippen LogP contribution >= 0.6 is 0 Å². The average molecular weight is 316 g/mol. The molecule has 2 rings (SSSR count). The number of hydrogen-bond acceptors (Lipinski definition) is 3. The fraction of sp³-hybridized carbons (Fsp3) is 0.462. The molecule has 1 aromatic rings. The Balaban J connectivity index is 2.30. The summed E-state index contributed by atoms with van der Waals surface area (Å²) >= 11 is 0. The second-order valence-corrected chi connectivity index (χ2v) is 6.68. The normalized spacial score (nSPS) is 20.2. The summed E-state index contributed by atoms with van der Waals surface area (Å²) in [5.41, 5.74) is -0.551. The highest BCUT2D eigenvalue weighted by Gasteiger charge is 2.30. The second kappa shape index (κ2) is 5.98. The zero-order valence-corrected chi connectivity index (χ0v) is 12.4. The van der Waals surface area contributed by atoms with Crippen LogP contribution in [0.4, 0.5) is 10.1 Å². The van der Waals surface area contributed by atoms with Gasteiger partial charge in [-0.1, -0.05) is 6.42 Å². The van der Waals surface area contributed by atoms with Gasteiger partial charge in [0.15, 0.2) is 0 Å². The van der Waals surface area contributed by atoms with E-state index in [0.29, 0.717) is 6.54 Å². The van der Waals surface area contributed by atoms with Gasteiger partial charge in [-0.2, -0.15) is 12.7 Å². The fourth-order valence-electron chi connectivity index (χ4n) is 2.41. The molecule has 1 heterocycles. The zero-order chi connectivity index (χ0) is 15.6. The molecule has 0 saturated carbocycles. The van der Waals surface area contributed by atoms with Crippen molar-refractivity contribution in [3.63, 3.8) is 0 Å². The van der Waals surface area contributed by atoms with Gasteiger partial charge in [-0.15, -0.1) is 0 Å². The van der Waals surface area contributed by atoms with Gasteiger partial charge < -0.3 is 5.11 Å². The zero-order valence-electron chi connectivity index (χ0n) is 11.5. The summed E-state index contributed by atoms with van der Waals surface area (Å²) in [4.78, 5) is 11.1. The summed E-state index contributed by atoms with van der Waals surface area (Å²) in [6.07, 6.45) is 2.49. The van der Waals surface area contributed by atoms with Crippen LogP contribution in [0, 0.1) is 5.82 Å². The van der Waals surface area contributed by atoms with Crippen molar-refractivity contribution in [1.29, 1.82) is 0 Å². The van der Waals surface area contributed by atoms with E-state index in [1.807, 2.05) is 0 Å². The molecule has 2 N–H and O–H groups in total. The van der Waals surface area contributed by atoms with Crippen molar-refractivity contribution < 1.29 is 22.7 Å². The highest BCUT2D eigenvalue weighted by molar-refractivity contribution is 7.90. The number of nitrogens with zero attached hydrogens (tertiary/aromatic N) is 1. The first kappa shape index (κ1) is 15.7. The lowest BCUT2D eigenvalue weighted by Crippen LogP contribution is -2.45. The maximum absolute atomic E-state index is 13.1. The fourth-order valence-corrected chi connectivity index (χ4v) is 3.93. The molecular formula is C13H17FN2O4S. The van der Waals surface area contributed by atoms with Crippen LogP contribution in [0.15, 0.2) is 18.2 Å². The summed E-state index contributed by atoms with van der Waals surface area (Å²) in [7, 11) is -3.86. The van der Waals surface area contributed by atoms with Gasteiger partial charge in [0, 0.05) is 12.6 Å². The number of carboxylic acid groups (broad SMARTS) is 1. The minimum absolute atomic E-state index is 0.137. The Morgan fingerprint density at radius 1 is 1.43 bits per heavy atom. The Kier molecular flexibility index (Phi) is 4.48. The van der Waals surface area contributed by atoms with Gasteiger partial charge in [-0.25, -0.2) is 9.18 Å². The van der Waals surface area contributed by atoms with E-state index >= 15 is 0 Å². The summed E-state index contributed by atoms with van der Waals surface area (Å²) in [5.74, 6) is -2.12. The number of piperidine rings is 1. The molecule has 1 fully saturated rings. The molecule has 116 valence electrons. The van der Waals surface area contributed by atoms with Gasteiger partial charge in [0.2, 0.25) is 0 Å². The van der Waals surface area contributed by atoms with Gasteiger partial charge in [-0.3, -0.25) is 4.72 Å². The molecule has 1 aromatic carbocycles. The van der Waals surface area contributed by atoms with Gasteiger partial charge in [0.1, 0.15) is 5.82 Å². The summed E-state index contributed by atoms with van der Waals surface area (Å²) in [5, 5.41) is 9.03. The second-order valence-electron chi connectivity index (χ2n) is 5.06. The molecule has 1 atom stereocenters. The lowest BCUT2D eigenvalue weighted by atomic mass is 10.1. The number of benzene rings is 1. The Morgan fingerprint density at radius 2 is 2.14 bits per heavy atom. The summed E-state index contributed by atoms with van der Waals surface area (Å²) in [6.45, 7) is 2.20. The maximum Gasteiger partial charge on any atom is 0.337 e. The molecular weight excluding hydrogens is 299 g/mol. The van der Waals surface area contributed by atoms with E-state index in [1.54, 1.807) is 6.92 Å². The van der Waals surface area contributed by atoms with Crippen molar-refractivity contribution >= 4 is 21.9 Å². The first-order chi connectivity index (χ1) is 9.81. The molecule has 8 heteroatoms.